The van der Waals surface area contributed by atoms with E-state index in [1.165, 1.54) is 16.7 Å². The first-order valence-corrected chi connectivity index (χ1v) is 11.9. The number of benzene rings is 2. The van der Waals surface area contributed by atoms with Gasteiger partial charge in [-0.2, -0.15) is 0 Å². The Morgan fingerprint density at radius 3 is 2.88 bits per heavy atom. The van der Waals surface area contributed by atoms with Gasteiger partial charge in [-0.3, -0.25) is 15.2 Å². The molecule has 3 aromatic rings. The quantitative estimate of drug-likeness (QED) is 0.526. The number of nitrogens with zero attached hydrogens (tertiary/aromatic N) is 3. The number of hydrogen-bond acceptors (Lipinski definition) is 3. The number of urea groups is 1. The van der Waals surface area contributed by atoms with E-state index in [9.17, 15) is 4.79 Å². The topological polar surface area (TPSA) is 73.4 Å². The predicted octanol–water partition coefficient (Wildman–Crippen LogP) is 5.54. The largest absolute Gasteiger partial charge is 0.345 e. The van der Waals surface area contributed by atoms with Gasteiger partial charge in [0.2, 0.25) is 0 Å². The zero-order valence-electron chi connectivity index (χ0n) is 19.1. The maximum atomic E-state index is 13.4. The molecule has 2 N–H and O–H groups in total. The Morgan fingerprint density at radius 2 is 2.00 bits per heavy atom. The van der Waals surface area contributed by atoms with Gasteiger partial charge in [0.1, 0.15) is 5.84 Å². The van der Waals surface area contributed by atoms with Gasteiger partial charge in [-0.1, -0.05) is 42.8 Å². The zero-order chi connectivity index (χ0) is 22.5. The fraction of sp³-hybridized carbons (Fsp3) is 0.370. The third-order valence-corrected chi connectivity index (χ3v) is 7.59. The summed E-state index contributed by atoms with van der Waals surface area (Å²) in [6.45, 7) is 4.48. The lowest BCUT2D eigenvalue weighted by atomic mass is 9.77. The van der Waals surface area contributed by atoms with Gasteiger partial charge in [0.25, 0.3) is 0 Å². The molecule has 1 saturated heterocycles. The highest BCUT2D eigenvalue weighted by atomic mass is 16.2. The van der Waals surface area contributed by atoms with Crippen LogP contribution in [0.3, 0.4) is 0 Å². The van der Waals surface area contributed by atoms with E-state index in [1.807, 2.05) is 23.1 Å². The van der Waals surface area contributed by atoms with E-state index in [0.29, 0.717) is 11.8 Å². The number of aromatic nitrogens is 2. The number of carbonyl (C=O) groups is 1. The van der Waals surface area contributed by atoms with E-state index >= 15 is 0 Å². The van der Waals surface area contributed by atoms with Crippen LogP contribution in [-0.4, -0.2) is 27.9 Å². The summed E-state index contributed by atoms with van der Waals surface area (Å²) < 4.78 is 0. The molecule has 2 amide bonds. The maximum absolute atomic E-state index is 13.4. The standard InChI is InChI=1S/C27H29N5O/c1-16-7-10-20(17(2)13-16)25-26(30-22-11-8-18-5-3-4-6-21(18)22)31-27(33)32(25)19-9-12-23-24(14-19)29-15-28-23/h3-6,9,12-15,17,20,22,25H,7-8,10-11H2,1-2H3,(H,28,29)(H,30,31,33). The van der Waals surface area contributed by atoms with Crippen LogP contribution < -0.4 is 10.2 Å². The van der Waals surface area contributed by atoms with E-state index in [1.54, 1.807) is 6.33 Å². The van der Waals surface area contributed by atoms with Gasteiger partial charge in [0.15, 0.2) is 0 Å². The molecule has 1 fully saturated rings. The lowest BCUT2D eigenvalue weighted by Crippen LogP contribution is -2.44. The van der Waals surface area contributed by atoms with Crippen LogP contribution in [0.2, 0.25) is 0 Å². The fourth-order valence-corrected chi connectivity index (χ4v) is 5.94. The Morgan fingerprint density at radius 1 is 1.12 bits per heavy atom. The minimum absolute atomic E-state index is 0.0987. The minimum Gasteiger partial charge on any atom is -0.345 e. The molecule has 6 heteroatoms. The third kappa shape index (κ3) is 3.45. The number of allylic oxidation sites excluding steroid dienone is 2. The second kappa shape index (κ2) is 7.87. The van der Waals surface area contributed by atoms with Gasteiger partial charge in [0.05, 0.1) is 29.4 Å². The summed E-state index contributed by atoms with van der Waals surface area (Å²) in [6.07, 6.45) is 8.20. The Kier molecular flexibility index (Phi) is 4.82. The number of amides is 2. The number of amidine groups is 1. The van der Waals surface area contributed by atoms with Crippen LogP contribution in [0.15, 0.2) is 65.4 Å². The van der Waals surface area contributed by atoms with Gasteiger partial charge < -0.3 is 4.98 Å². The van der Waals surface area contributed by atoms with Crippen LogP contribution in [0.5, 0.6) is 0 Å². The SMILES string of the molecule is CC1=CC(C)C(C2/C(=N\C3CCc4ccccc43)NC(=O)N2c2ccc3[nH]cnc3c2)CC1. The van der Waals surface area contributed by atoms with Crippen molar-refractivity contribution < 1.29 is 4.79 Å². The van der Waals surface area contributed by atoms with Crippen molar-refractivity contribution in [3.63, 3.8) is 0 Å². The number of aryl methyl sites for hydroxylation is 1. The van der Waals surface area contributed by atoms with Gasteiger partial charge in [-0.25, -0.2) is 9.78 Å². The van der Waals surface area contributed by atoms with Crippen molar-refractivity contribution in [2.45, 2.75) is 51.6 Å². The first-order chi connectivity index (χ1) is 16.1. The van der Waals surface area contributed by atoms with Crippen molar-refractivity contribution in [2.24, 2.45) is 16.8 Å². The first-order valence-electron chi connectivity index (χ1n) is 11.9. The molecule has 3 aliphatic rings. The number of H-pyrrole nitrogens is 1. The number of hydrogen-bond donors (Lipinski definition) is 2. The zero-order valence-corrected chi connectivity index (χ0v) is 19.1. The highest BCUT2D eigenvalue weighted by Gasteiger charge is 2.45. The lowest BCUT2D eigenvalue weighted by molar-refractivity contribution is 0.250. The molecule has 4 unspecified atom stereocenters. The fourth-order valence-electron chi connectivity index (χ4n) is 5.94. The molecule has 0 spiro atoms. The molecule has 2 heterocycles. The van der Waals surface area contributed by atoms with Crippen molar-refractivity contribution >= 4 is 28.6 Å². The van der Waals surface area contributed by atoms with Crippen molar-refractivity contribution in [1.82, 2.24) is 15.3 Å². The second-order valence-electron chi connectivity index (χ2n) is 9.69. The predicted molar refractivity (Wildman–Crippen MR) is 131 cm³/mol. The number of fused-ring (bicyclic) bond motifs is 2. The molecule has 2 aliphatic carbocycles. The molecular formula is C27H29N5O. The summed E-state index contributed by atoms with van der Waals surface area (Å²) in [6, 6.07) is 14.5. The summed E-state index contributed by atoms with van der Waals surface area (Å²) in [5.41, 5.74) is 6.80. The molecule has 6 rings (SSSR count). The monoisotopic (exact) mass is 439 g/mol. The molecule has 1 aliphatic heterocycles. The van der Waals surface area contributed by atoms with Crippen molar-refractivity contribution in [3.8, 4) is 0 Å². The molecule has 33 heavy (non-hydrogen) atoms. The van der Waals surface area contributed by atoms with Gasteiger partial charge in [-0.15, -0.1) is 0 Å². The molecule has 0 saturated carbocycles. The maximum Gasteiger partial charge on any atom is 0.327 e. The Bertz CT molecular complexity index is 1290. The lowest BCUT2D eigenvalue weighted by Gasteiger charge is -2.36. The molecule has 1 aromatic heterocycles. The van der Waals surface area contributed by atoms with Crippen LogP contribution in [0.25, 0.3) is 11.0 Å². The molecular weight excluding hydrogens is 410 g/mol. The van der Waals surface area contributed by atoms with Crippen molar-refractivity contribution in [2.75, 3.05) is 4.90 Å². The Labute approximate surface area is 193 Å². The molecule has 2 aromatic carbocycles. The first kappa shape index (κ1) is 20.2. The minimum atomic E-state index is -0.110. The van der Waals surface area contributed by atoms with E-state index in [0.717, 1.165) is 48.2 Å². The molecule has 0 radical (unpaired) electrons. The molecule has 0 bridgehead atoms. The summed E-state index contributed by atoms with van der Waals surface area (Å²) in [5, 5.41) is 3.17. The van der Waals surface area contributed by atoms with Gasteiger partial charge in [-0.05, 0) is 73.8 Å². The number of anilines is 1. The summed E-state index contributed by atoms with van der Waals surface area (Å²) in [4.78, 5) is 28.1. The number of nitrogens with one attached hydrogen (secondary N) is 2. The molecule has 168 valence electrons. The summed E-state index contributed by atoms with van der Waals surface area (Å²) in [7, 11) is 0. The number of aromatic amines is 1. The van der Waals surface area contributed by atoms with Crippen molar-refractivity contribution in [1.29, 1.82) is 0 Å². The number of rotatable bonds is 3. The van der Waals surface area contributed by atoms with E-state index in [-0.39, 0.29) is 18.1 Å². The molecule has 4 atom stereocenters. The van der Waals surface area contributed by atoms with Crippen molar-refractivity contribution in [3.05, 3.63) is 71.6 Å². The highest BCUT2D eigenvalue weighted by molar-refractivity contribution is 6.17. The van der Waals surface area contributed by atoms with Crippen LogP contribution in [0.4, 0.5) is 10.5 Å². The highest BCUT2D eigenvalue weighted by Crippen LogP contribution is 2.39. The summed E-state index contributed by atoms with van der Waals surface area (Å²) >= 11 is 0. The van der Waals surface area contributed by atoms with Gasteiger partial charge in [0, 0.05) is 5.69 Å². The normalized spacial score (nSPS) is 28.3. The van der Waals surface area contributed by atoms with Crippen LogP contribution in [0, 0.1) is 11.8 Å². The second-order valence-corrected chi connectivity index (χ2v) is 9.69. The average Bonchev–Trinajstić information content (AvgIpc) is 3.51. The average molecular weight is 440 g/mol. The van der Waals surface area contributed by atoms with Crippen LogP contribution in [-0.2, 0) is 6.42 Å². The van der Waals surface area contributed by atoms with E-state index in [2.05, 4.69) is 59.5 Å². The number of carbonyl (C=O) groups excluding carboxylic acids is 1. The summed E-state index contributed by atoms with van der Waals surface area (Å²) in [5.74, 6) is 1.49. The Hall–Kier alpha value is -3.41. The smallest absolute Gasteiger partial charge is 0.327 e. The number of aliphatic imine (C=N–C) groups is 1. The molecule has 6 nitrogen and oxygen atoms in total. The van der Waals surface area contributed by atoms with E-state index in [4.69, 9.17) is 4.99 Å². The van der Waals surface area contributed by atoms with Gasteiger partial charge >= 0.3 is 6.03 Å². The van der Waals surface area contributed by atoms with Crippen LogP contribution >= 0.6 is 0 Å². The Balaban J connectivity index is 1.43. The van der Waals surface area contributed by atoms with Crippen LogP contribution in [0.1, 0.15) is 50.3 Å². The number of imidazole rings is 1. The van der Waals surface area contributed by atoms with E-state index < -0.39 is 0 Å². The third-order valence-electron chi connectivity index (χ3n) is 7.59.